The van der Waals surface area contributed by atoms with Crippen molar-refractivity contribution < 1.29 is 9.59 Å². The molecule has 0 bridgehead atoms. The standard InChI is InChI=1S/C17H23N3O2/c1-12(2)20-15-10-6-5-9-14(15)19(11-16(20)21)17(22)18-13-7-3-4-8-13/h5-6,9-10,12-13H,3-4,7-8,11H2,1-2H3,(H,18,22). The van der Waals surface area contributed by atoms with Gasteiger partial charge in [-0.05, 0) is 38.8 Å². The van der Waals surface area contributed by atoms with Gasteiger partial charge in [0.15, 0.2) is 0 Å². The third-order valence-corrected chi connectivity index (χ3v) is 4.44. The van der Waals surface area contributed by atoms with Gasteiger partial charge in [0.25, 0.3) is 0 Å². The lowest BCUT2D eigenvalue weighted by atomic mass is 10.1. The van der Waals surface area contributed by atoms with Crippen molar-refractivity contribution in [3.63, 3.8) is 0 Å². The Morgan fingerprint density at radius 3 is 2.45 bits per heavy atom. The second-order valence-corrected chi connectivity index (χ2v) is 6.36. The molecule has 0 atom stereocenters. The van der Waals surface area contributed by atoms with Crippen molar-refractivity contribution in [2.24, 2.45) is 0 Å². The lowest BCUT2D eigenvalue weighted by molar-refractivity contribution is -0.117. The number of carbonyl (C=O) groups is 2. The Hall–Kier alpha value is -2.04. The van der Waals surface area contributed by atoms with E-state index >= 15 is 0 Å². The number of hydrogen-bond donors (Lipinski definition) is 1. The summed E-state index contributed by atoms with van der Waals surface area (Å²) in [6.45, 7) is 4.08. The lowest BCUT2D eigenvalue weighted by Gasteiger charge is -2.38. The van der Waals surface area contributed by atoms with Crippen LogP contribution >= 0.6 is 0 Å². The average Bonchev–Trinajstić information content (AvgIpc) is 2.98. The van der Waals surface area contributed by atoms with Gasteiger partial charge in [-0.25, -0.2) is 4.79 Å². The number of nitrogens with zero attached hydrogens (tertiary/aromatic N) is 2. The molecule has 1 aliphatic heterocycles. The highest BCUT2D eigenvalue weighted by molar-refractivity contribution is 6.10. The van der Waals surface area contributed by atoms with E-state index < -0.39 is 0 Å². The number of hydrogen-bond acceptors (Lipinski definition) is 2. The lowest BCUT2D eigenvalue weighted by Crippen LogP contribution is -2.54. The summed E-state index contributed by atoms with van der Waals surface area (Å²) in [6.07, 6.45) is 4.41. The number of rotatable bonds is 2. The molecule has 118 valence electrons. The van der Waals surface area contributed by atoms with Crippen LogP contribution in [0.1, 0.15) is 39.5 Å². The monoisotopic (exact) mass is 301 g/mol. The maximum Gasteiger partial charge on any atom is 0.322 e. The van der Waals surface area contributed by atoms with Gasteiger partial charge in [0, 0.05) is 12.1 Å². The minimum atomic E-state index is -0.156. The molecule has 0 radical (unpaired) electrons. The molecule has 0 saturated heterocycles. The first-order valence-corrected chi connectivity index (χ1v) is 8.07. The predicted octanol–water partition coefficient (Wildman–Crippen LogP) is 2.90. The third kappa shape index (κ3) is 2.67. The first-order valence-electron chi connectivity index (χ1n) is 8.07. The summed E-state index contributed by atoms with van der Waals surface area (Å²) in [4.78, 5) is 28.4. The van der Waals surface area contributed by atoms with Crippen LogP contribution in [0.5, 0.6) is 0 Å². The molecule has 22 heavy (non-hydrogen) atoms. The molecule has 0 aromatic heterocycles. The second kappa shape index (κ2) is 5.99. The topological polar surface area (TPSA) is 52.7 Å². The Balaban J connectivity index is 1.87. The summed E-state index contributed by atoms with van der Waals surface area (Å²) < 4.78 is 0. The summed E-state index contributed by atoms with van der Waals surface area (Å²) in [6, 6.07) is 7.79. The minimum absolute atomic E-state index is 0.0322. The predicted molar refractivity (Wildman–Crippen MR) is 87.2 cm³/mol. The summed E-state index contributed by atoms with van der Waals surface area (Å²) in [7, 11) is 0. The van der Waals surface area contributed by atoms with E-state index in [2.05, 4.69) is 5.32 Å². The zero-order chi connectivity index (χ0) is 15.7. The van der Waals surface area contributed by atoms with Crippen LogP contribution in [-0.2, 0) is 4.79 Å². The smallest absolute Gasteiger partial charge is 0.322 e. The number of nitrogens with one attached hydrogen (secondary N) is 1. The van der Waals surface area contributed by atoms with Crippen LogP contribution in [0.25, 0.3) is 0 Å². The molecule has 2 aliphatic rings. The fourth-order valence-corrected chi connectivity index (χ4v) is 3.40. The normalized spacial score (nSPS) is 18.8. The molecule has 1 aromatic carbocycles. The van der Waals surface area contributed by atoms with E-state index in [4.69, 9.17) is 0 Å². The molecule has 3 amide bonds. The molecule has 0 unspecified atom stereocenters. The van der Waals surface area contributed by atoms with E-state index in [0.29, 0.717) is 0 Å². The Morgan fingerprint density at radius 2 is 1.82 bits per heavy atom. The summed E-state index contributed by atoms with van der Waals surface area (Å²) >= 11 is 0. The number of anilines is 2. The molecule has 1 N–H and O–H groups in total. The van der Waals surface area contributed by atoms with Gasteiger partial charge >= 0.3 is 6.03 Å². The quantitative estimate of drug-likeness (QED) is 0.913. The molecular weight excluding hydrogens is 278 g/mol. The molecular formula is C17H23N3O2. The van der Waals surface area contributed by atoms with Crippen LogP contribution in [-0.4, -0.2) is 30.6 Å². The number of urea groups is 1. The maximum atomic E-state index is 12.6. The van der Waals surface area contributed by atoms with E-state index in [1.54, 1.807) is 9.80 Å². The summed E-state index contributed by atoms with van der Waals surface area (Å²) in [5, 5.41) is 3.07. The van der Waals surface area contributed by atoms with Gasteiger partial charge in [0.2, 0.25) is 5.91 Å². The van der Waals surface area contributed by atoms with Crippen molar-refractivity contribution in [2.75, 3.05) is 16.3 Å². The van der Waals surface area contributed by atoms with Crippen LogP contribution in [0, 0.1) is 0 Å². The van der Waals surface area contributed by atoms with Gasteiger partial charge in [0.05, 0.1) is 11.4 Å². The summed E-state index contributed by atoms with van der Waals surface area (Å²) in [5.41, 5.74) is 1.63. The Kier molecular flexibility index (Phi) is 4.05. The summed E-state index contributed by atoms with van der Waals surface area (Å²) in [5.74, 6) is -0.0322. The molecule has 3 rings (SSSR count). The van der Waals surface area contributed by atoms with E-state index in [1.807, 2.05) is 38.1 Å². The van der Waals surface area contributed by atoms with E-state index in [0.717, 1.165) is 24.2 Å². The third-order valence-electron chi connectivity index (χ3n) is 4.44. The molecule has 1 fully saturated rings. The van der Waals surface area contributed by atoms with Crippen molar-refractivity contribution in [2.45, 2.75) is 51.6 Å². The minimum Gasteiger partial charge on any atom is -0.335 e. The first-order chi connectivity index (χ1) is 10.6. The van der Waals surface area contributed by atoms with Crippen LogP contribution in [0.3, 0.4) is 0 Å². The highest BCUT2D eigenvalue weighted by Gasteiger charge is 2.34. The second-order valence-electron chi connectivity index (χ2n) is 6.36. The number of carbonyl (C=O) groups excluding carboxylic acids is 2. The fraction of sp³-hybridized carbons (Fsp3) is 0.529. The first kappa shape index (κ1) is 14.9. The van der Waals surface area contributed by atoms with Crippen LogP contribution < -0.4 is 15.1 Å². The van der Waals surface area contributed by atoms with Gasteiger partial charge in [-0.2, -0.15) is 0 Å². The van der Waals surface area contributed by atoms with Crippen LogP contribution in [0.2, 0.25) is 0 Å². The van der Waals surface area contributed by atoms with E-state index in [-0.39, 0.29) is 30.6 Å². The van der Waals surface area contributed by atoms with E-state index in [1.165, 1.54) is 12.8 Å². The largest absolute Gasteiger partial charge is 0.335 e. The van der Waals surface area contributed by atoms with Crippen LogP contribution in [0.15, 0.2) is 24.3 Å². The van der Waals surface area contributed by atoms with Gasteiger partial charge in [0.1, 0.15) is 6.54 Å². The fourth-order valence-electron chi connectivity index (χ4n) is 3.40. The molecule has 1 aliphatic carbocycles. The number of para-hydroxylation sites is 2. The van der Waals surface area contributed by atoms with Gasteiger partial charge in [-0.3, -0.25) is 9.69 Å². The van der Waals surface area contributed by atoms with Gasteiger partial charge in [-0.1, -0.05) is 25.0 Å². The SMILES string of the molecule is CC(C)N1C(=O)CN(C(=O)NC2CCCC2)c2ccccc21. The highest BCUT2D eigenvalue weighted by atomic mass is 16.2. The zero-order valence-electron chi connectivity index (χ0n) is 13.2. The number of amides is 3. The number of fused-ring (bicyclic) bond motifs is 1. The Morgan fingerprint density at radius 1 is 1.18 bits per heavy atom. The molecule has 1 saturated carbocycles. The molecule has 1 heterocycles. The van der Waals surface area contributed by atoms with Crippen LogP contribution in [0.4, 0.5) is 16.2 Å². The van der Waals surface area contributed by atoms with E-state index in [9.17, 15) is 9.59 Å². The van der Waals surface area contributed by atoms with Crippen molar-refractivity contribution in [3.8, 4) is 0 Å². The van der Waals surface area contributed by atoms with Gasteiger partial charge in [-0.15, -0.1) is 0 Å². The zero-order valence-corrected chi connectivity index (χ0v) is 13.2. The maximum absolute atomic E-state index is 12.6. The van der Waals surface area contributed by atoms with Crippen molar-refractivity contribution >= 4 is 23.3 Å². The average molecular weight is 301 g/mol. The van der Waals surface area contributed by atoms with Crippen molar-refractivity contribution in [3.05, 3.63) is 24.3 Å². The number of benzene rings is 1. The van der Waals surface area contributed by atoms with Crippen molar-refractivity contribution in [1.29, 1.82) is 0 Å². The molecule has 5 nitrogen and oxygen atoms in total. The van der Waals surface area contributed by atoms with Gasteiger partial charge < -0.3 is 10.2 Å². The molecule has 0 spiro atoms. The molecule has 5 heteroatoms. The highest BCUT2D eigenvalue weighted by Crippen LogP contribution is 2.34. The Bertz CT molecular complexity index is 579. The van der Waals surface area contributed by atoms with Crippen molar-refractivity contribution in [1.82, 2.24) is 5.32 Å². The molecule has 1 aromatic rings. The Labute approximate surface area is 131 Å².